The van der Waals surface area contributed by atoms with Gasteiger partial charge in [0, 0.05) is 13.1 Å². The van der Waals surface area contributed by atoms with Crippen LogP contribution in [0, 0.1) is 5.41 Å². The Morgan fingerprint density at radius 3 is 2.52 bits per heavy atom. The van der Waals surface area contributed by atoms with Crippen molar-refractivity contribution in [1.29, 1.82) is 0 Å². The van der Waals surface area contributed by atoms with Gasteiger partial charge in [0.25, 0.3) is 10.2 Å². The first-order valence-corrected chi connectivity index (χ1v) is 9.33. The van der Waals surface area contributed by atoms with Gasteiger partial charge in [0.1, 0.15) is 6.04 Å². The molecule has 0 bridgehead atoms. The molecule has 0 aromatic rings. The zero-order valence-electron chi connectivity index (χ0n) is 12.7. The van der Waals surface area contributed by atoms with E-state index in [1.165, 1.54) is 0 Å². The minimum absolute atomic E-state index is 0.0571. The molecule has 0 amide bonds. The highest BCUT2D eigenvalue weighted by Gasteiger charge is 2.39. The molecule has 0 radical (unpaired) electrons. The monoisotopic (exact) mass is 318 g/mol. The fraction of sp³-hybridized carbons (Fsp3) is 0.929. The highest BCUT2D eigenvalue weighted by molar-refractivity contribution is 7.87. The summed E-state index contributed by atoms with van der Waals surface area (Å²) in [6, 6.07) is -0.919. The molecule has 21 heavy (non-hydrogen) atoms. The number of hydrogen-bond donors (Lipinski definition) is 2. The third-order valence-electron chi connectivity index (χ3n) is 5.09. The molecule has 1 heterocycles. The maximum absolute atomic E-state index is 12.5. The normalized spacial score (nSPS) is 26.8. The number of aliphatic carboxylic acids is 1. The molecule has 0 aromatic heterocycles. The van der Waals surface area contributed by atoms with Gasteiger partial charge < -0.3 is 5.11 Å². The molecule has 1 aliphatic carbocycles. The van der Waals surface area contributed by atoms with Crippen LogP contribution < -0.4 is 4.72 Å². The predicted octanol–water partition coefficient (Wildman–Crippen LogP) is 1.73. The quantitative estimate of drug-likeness (QED) is 0.781. The van der Waals surface area contributed by atoms with Crippen LogP contribution in [0.2, 0.25) is 0 Å². The van der Waals surface area contributed by atoms with E-state index in [4.69, 9.17) is 0 Å². The topological polar surface area (TPSA) is 86.7 Å². The van der Waals surface area contributed by atoms with Crippen molar-refractivity contribution in [1.82, 2.24) is 9.03 Å². The number of nitrogens with zero attached hydrogens (tertiary/aromatic N) is 1. The van der Waals surface area contributed by atoms with E-state index in [9.17, 15) is 18.3 Å². The van der Waals surface area contributed by atoms with Crippen LogP contribution in [0.3, 0.4) is 0 Å². The number of hydrogen-bond acceptors (Lipinski definition) is 3. The molecular formula is C14H26N2O4S. The summed E-state index contributed by atoms with van der Waals surface area (Å²) in [5.41, 5.74) is 0.0571. The molecule has 2 N–H and O–H groups in total. The van der Waals surface area contributed by atoms with Crippen molar-refractivity contribution < 1.29 is 18.3 Å². The summed E-state index contributed by atoms with van der Waals surface area (Å²) in [6.45, 7) is 2.82. The van der Waals surface area contributed by atoms with Gasteiger partial charge in [-0.05, 0) is 43.9 Å². The Hall–Kier alpha value is -0.660. The summed E-state index contributed by atoms with van der Waals surface area (Å²) in [5, 5.41) is 9.21. The van der Waals surface area contributed by atoms with Gasteiger partial charge in [0.15, 0.2) is 0 Å². The Kier molecular flexibility index (Phi) is 5.27. The minimum atomic E-state index is -3.71. The molecule has 2 aliphatic rings. The van der Waals surface area contributed by atoms with Gasteiger partial charge in [-0.2, -0.15) is 12.7 Å². The van der Waals surface area contributed by atoms with Crippen molar-refractivity contribution in [2.45, 2.75) is 64.3 Å². The summed E-state index contributed by atoms with van der Waals surface area (Å²) in [4.78, 5) is 11.3. The average Bonchev–Trinajstić information content (AvgIpc) is 2.95. The zero-order valence-corrected chi connectivity index (χ0v) is 13.5. The molecule has 1 aliphatic heterocycles. The molecule has 1 unspecified atom stereocenters. The van der Waals surface area contributed by atoms with E-state index in [0.717, 1.165) is 49.3 Å². The third kappa shape index (κ3) is 3.76. The number of piperidine rings is 1. The summed E-state index contributed by atoms with van der Waals surface area (Å²) in [5.74, 6) is -1.05. The van der Waals surface area contributed by atoms with Gasteiger partial charge in [-0.25, -0.2) is 4.72 Å². The molecule has 2 rings (SSSR count). The Labute approximate surface area is 127 Å². The lowest BCUT2D eigenvalue weighted by Gasteiger charge is -2.34. The van der Waals surface area contributed by atoms with Crippen LogP contribution in [0.25, 0.3) is 0 Å². The lowest BCUT2D eigenvalue weighted by Crippen LogP contribution is -2.53. The van der Waals surface area contributed by atoms with Crippen molar-refractivity contribution in [3.63, 3.8) is 0 Å². The Morgan fingerprint density at radius 1 is 1.29 bits per heavy atom. The second-order valence-corrected chi connectivity index (χ2v) is 8.06. The fourth-order valence-electron chi connectivity index (χ4n) is 3.55. The molecule has 1 saturated heterocycles. The van der Waals surface area contributed by atoms with Crippen molar-refractivity contribution in [2.24, 2.45) is 5.41 Å². The molecule has 0 spiro atoms. The Morgan fingerprint density at radius 2 is 1.95 bits per heavy atom. The second-order valence-electron chi connectivity index (χ2n) is 6.35. The second kappa shape index (κ2) is 6.62. The molecule has 2 fully saturated rings. The van der Waals surface area contributed by atoms with E-state index in [-0.39, 0.29) is 5.41 Å². The van der Waals surface area contributed by atoms with Crippen LogP contribution in [0.1, 0.15) is 58.3 Å². The molecule has 0 aromatic carbocycles. The highest BCUT2D eigenvalue weighted by atomic mass is 32.2. The van der Waals surface area contributed by atoms with Gasteiger partial charge in [-0.1, -0.05) is 19.8 Å². The summed E-state index contributed by atoms with van der Waals surface area (Å²) in [7, 11) is -3.71. The van der Waals surface area contributed by atoms with E-state index in [2.05, 4.69) is 11.6 Å². The molecule has 122 valence electrons. The third-order valence-corrected chi connectivity index (χ3v) is 6.65. The van der Waals surface area contributed by atoms with Gasteiger partial charge in [0.2, 0.25) is 0 Å². The zero-order chi connectivity index (χ0) is 15.5. The van der Waals surface area contributed by atoms with E-state index in [1.807, 2.05) is 0 Å². The van der Waals surface area contributed by atoms with Crippen molar-refractivity contribution in [3.8, 4) is 0 Å². The van der Waals surface area contributed by atoms with Crippen LogP contribution in [0.15, 0.2) is 0 Å². The lowest BCUT2D eigenvalue weighted by atomic mass is 9.84. The van der Waals surface area contributed by atoms with Crippen LogP contribution in [-0.2, 0) is 15.0 Å². The number of rotatable bonds is 6. The van der Waals surface area contributed by atoms with Crippen LogP contribution in [0.5, 0.6) is 0 Å². The standard InChI is InChI=1S/C14H26N2O4S/c1-2-14(8-4-5-9-14)11-15-21(19,20)16-10-6-3-7-12(16)13(17)18/h12,15H,2-11H2,1H3,(H,17,18). The number of nitrogens with one attached hydrogen (secondary N) is 1. The van der Waals surface area contributed by atoms with Gasteiger partial charge >= 0.3 is 5.97 Å². The first-order valence-electron chi connectivity index (χ1n) is 7.89. The fourth-order valence-corrected chi connectivity index (χ4v) is 5.10. The first-order chi connectivity index (χ1) is 9.90. The van der Waals surface area contributed by atoms with Crippen LogP contribution in [0.4, 0.5) is 0 Å². The van der Waals surface area contributed by atoms with Gasteiger partial charge in [0.05, 0.1) is 0 Å². The lowest BCUT2D eigenvalue weighted by molar-refractivity contribution is -0.142. The van der Waals surface area contributed by atoms with Gasteiger partial charge in [-0.3, -0.25) is 4.79 Å². The molecule has 6 nitrogen and oxygen atoms in total. The maximum atomic E-state index is 12.5. The average molecular weight is 318 g/mol. The smallest absolute Gasteiger partial charge is 0.322 e. The molecular weight excluding hydrogens is 292 g/mol. The van der Waals surface area contributed by atoms with E-state index in [1.54, 1.807) is 0 Å². The predicted molar refractivity (Wildman–Crippen MR) is 80.1 cm³/mol. The van der Waals surface area contributed by atoms with Crippen molar-refractivity contribution in [2.75, 3.05) is 13.1 Å². The van der Waals surface area contributed by atoms with E-state index in [0.29, 0.717) is 19.5 Å². The summed E-state index contributed by atoms with van der Waals surface area (Å²) >= 11 is 0. The van der Waals surface area contributed by atoms with Gasteiger partial charge in [-0.15, -0.1) is 0 Å². The van der Waals surface area contributed by atoms with E-state index >= 15 is 0 Å². The highest BCUT2D eigenvalue weighted by Crippen LogP contribution is 2.40. The van der Waals surface area contributed by atoms with E-state index < -0.39 is 22.2 Å². The molecule has 1 atom stereocenters. The van der Waals surface area contributed by atoms with Crippen LogP contribution in [-0.4, -0.2) is 42.9 Å². The number of carboxylic acid groups (broad SMARTS) is 1. The Balaban J connectivity index is 2.04. The first kappa shape index (κ1) is 16.7. The van der Waals surface area contributed by atoms with Crippen LogP contribution >= 0.6 is 0 Å². The molecule has 1 saturated carbocycles. The number of carbonyl (C=O) groups is 1. The summed E-state index contributed by atoms with van der Waals surface area (Å²) in [6.07, 6.45) is 7.25. The number of carboxylic acids is 1. The maximum Gasteiger partial charge on any atom is 0.322 e. The van der Waals surface area contributed by atoms with Crippen molar-refractivity contribution in [3.05, 3.63) is 0 Å². The summed E-state index contributed by atoms with van der Waals surface area (Å²) < 4.78 is 28.8. The largest absolute Gasteiger partial charge is 0.480 e. The molecule has 7 heteroatoms. The minimum Gasteiger partial charge on any atom is -0.480 e. The van der Waals surface area contributed by atoms with Crippen molar-refractivity contribution >= 4 is 16.2 Å². The Bertz CT molecular complexity index is 471. The SMILES string of the molecule is CCC1(CNS(=O)(=O)N2CCCCC2C(=O)O)CCCC1.